The van der Waals surface area contributed by atoms with Crippen molar-refractivity contribution in [2.45, 2.75) is 24.8 Å². The van der Waals surface area contributed by atoms with Crippen molar-refractivity contribution in [3.8, 4) is 0 Å². The molecule has 1 aliphatic rings. The van der Waals surface area contributed by atoms with Gasteiger partial charge in [0.1, 0.15) is 0 Å². The third kappa shape index (κ3) is 4.09. The van der Waals surface area contributed by atoms with E-state index in [1.807, 2.05) is 30.3 Å². The lowest BCUT2D eigenvalue weighted by atomic mass is 10.0. The van der Waals surface area contributed by atoms with Gasteiger partial charge >= 0.3 is 0 Å². The van der Waals surface area contributed by atoms with E-state index in [-0.39, 0.29) is 12.6 Å². The zero-order chi connectivity index (χ0) is 15.1. The van der Waals surface area contributed by atoms with E-state index < -0.39 is 12.1 Å². The highest BCUT2D eigenvalue weighted by molar-refractivity contribution is 5.79. The maximum absolute atomic E-state index is 9.41. The number of ether oxygens (including phenoxy) is 1. The number of nitrogens with one attached hydrogen (secondary N) is 1. The second-order valence-electron chi connectivity index (χ2n) is 4.69. The summed E-state index contributed by atoms with van der Waals surface area (Å²) in [5, 5.41) is 16.0. The maximum atomic E-state index is 9.41. The minimum atomic E-state index is -0.697. The van der Waals surface area contributed by atoms with Crippen molar-refractivity contribution >= 4 is 5.96 Å². The third-order valence-corrected chi connectivity index (χ3v) is 3.24. The Hall–Kier alpha value is -2.28. The summed E-state index contributed by atoms with van der Waals surface area (Å²) in [4.78, 5) is 6.82. The first kappa shape index (κ1) is 15.1. The Morgan fingerprint density at radius 2 is 2.29 bits per heavy atom. The Kier molecular flexibility index (Phi) is 5.39. The van der Waals surface area contributed by atoms with E-state index >= 15 is 0 Å². The molecular formula is C13H18N6O2. The molecule has 3 atom stereocenters. The first-order valence-electron chi connectivity index (χ1n) is 6.61. The van der Waals surface area contributed by atoms with Gasteiger partial charge in [0.15, 0.2) is 5.96 Å². The summed E-state index contributed by atoms with van der Waals surface area (Å²) in [6.07, 6.45) is -0.518. The number of hydrogen-bond acceptors (Lipinski definition) is 6. The second kappa shape index (κ2) is 7.49. The van der Waals surface area contributed by atoms with E-state index in [2.05, 4.69) is 20.3 Å². The van der Waals surface area contributed by atoms with Gasteiger partial charge in [-0.15, -0.1) is 0 Å². The van der Waals surface area contributed by atoms with Crippen molar-refractivity contribution in [3.63, 3.8) is 0 Å². The molecule has 21 heavy (non-hydrogen) atoms. The highest BCUT2D eigenvalue weighted by Crippen LogP contribution is 2.15. The number of guanidine groups is 1. The van der Waals surface area contributed by atoms with Crippen LogP contribution in [-0.4, -0.2) is 42.4 Å². The normalized spacial score (nSPS) is 20.0. The zero-order valence-electron chi connectivity index (χ0n) is 11.5. The molecule has 2 rings (SSSR count). The predicted molar refractivity (Wildman–Crippen MR) is 78.5 cm³/mol. The average molecular weight is 290 g/mol. The van der Waals surface area contributed by atoms with Crippen LogP contribution in [0, 0.1) is 0 Å². The van der Waals surface area contributed by atoms with Crippen LogP contribution in [-0.2, 0) is 11.3 Å². The van der Waals surface area contributed by atoms with Crippen molar-refractivity contribution < 1.29 is 9.84 Å². The molecular weight excluding hydrogens is 272 g/mol. The van der Waals surface area contributed by atoms with E-state index in [1.165, 1.54) is 0 Å². The van der Waals surface area contributed by atoms with Crippen LogP contribution >= 0.6 is 0 Å². The lowest BCUT2D eigenvalue weighted by Crippen LogP contribution is -2.49. The van der Waals surface area contributed by atoms with Crippen LogP contribution in [0.25, 0.3) is 10.4 Å². The number of rotatable bonds is 7. The molecule has 112 valence electrons. The van der Waals surface area contributed by atoms with Gasteiger partial charge in [-0.05, 0) is 11.1 Å². The molecule has 0 bridgehead atoms. The van der Waals surface area contributed by atoms with Gasteiger partial charge in [0.2, 0.25) is 0 Å². The first-order chi connectivity index (χ1) is 10.2. The summed E-state index contributed by atoms with van der Waals surface area (Å²) in [5.74, 6) is 0.325. The van der Waals surface area contributed by atoms with Crippen LogP contribution in [0.15, 0.2) is 40.4 Å². The molecule has 1 aromatic rings. The van der Waals surface area contributed by atoms with Gasteiger partial charge < -0.3 is 20.9 Å². The van der Waals surface area contributed by atoms with Gasteiger partial charge in [-0.25, -0.2) is 0 Å². The van der Waals surface area contributed by atoms with Crippen molar-refractivity contribution in [3.05, 3.63) is 46.3 Å². The van der Waals surface area contributed by atoms with E-state index in [9.17, 15) is 5.11 Å². The number of aliphatic imine (C=N–C) groups is 1. The van der Waals surface area contributed by atoms with E-state index in [1.54, 1.807) is 0 Å². The molecule has 8 nitrogen and oxygen atoms in total. The van der Waals surface area contributed by atoms with Crippen LogP contribution in [0.3, 0.4) is 0 Å². The molecule has 0 aliphatic carbocycles. The summed E-state index contributed by atoms with van der Waals surface area (Å²) in [5.41, 5.74) is 15.2. The minimum absolute atomic E-state index is 0.226. The van der Waals surface area contributed by atoms with Crippen molar-refractivity contribution in [1.29, 1.82) is 0 Å². The Morgan fingerprint density at radius 3 is 2.86 bits per heavy atom. The van der Waals surface area contributed by atoms with Gasteiger partial charge in [-0.2, -0.15) is 0 Å². The predicted octanol–water partition coefficient (Wildman–Crippen LogP) is 0.530. The molecule has 0 saturated carbocycles. The van der Waals surface area contributed by atoms with Gasteiger partial charge in [-0.3, -0.25) is 4.99 Å². The second-order valence-corrected chi connectivity index (χ2v) is 4.69. The largest absolute Gasteiger partial charge is 0.396 e. The number of azide groups is 1. The van der Waals surface area contributed by atoms with E-state index in [4.69, 9.17) is 16.0 Å². The molecule has 0 unspecified atom stereocenters. The van der Waals surface area contributed by atoms with Crippen molar-refractivity contribution in [2.24, 2.45) is 15.8 Å². The van der Waals surface area contributed by atoms with Gasteiger partial charge in [0.25, 0.3) is 0 Å². The average Bonchev–Trinajstić information content (AvgIpc) is 2.93. The standard InChI is InChI=1S/C13H18N6O2/c14-13-16-6-10(17-13)12(11(7-20)18-19-15)21-8-9-4-2-1-3-5-9/h1-5,10-12,20H,6-8H2,(H3,14,16,17)/t10-,11-,12-/m0/s1. The number of aliphatic hydroxyl groups is 1. The minimum Gasteiger partial charge on any atom is -0.396 e. The SMILES string of the molecule is [N-]=[N+]=N[C@@H](CO)[C@@H](OCc1ccccc1)[C@@H]1CN=C(N)N1. The third-order valence-electron chi connectivity index (χ3n) is 3.24. The molecule has 0 fully saturated rings. The summed E-state index contributed by atoms with van der Waals surface area (Å²) >= 11 is 0. The molecule has 1 aromatic carbocycles. The highest BCUT2D eigenvalue weighted by Gasteiger charge is 2.32. The Morgan fingerprint density at radius 1 is 1.52 bits per heavy atom. The fraction of sp³-hybridized carbons (Fsp3) is 0.462. The van der Waals surface area contributed by atoms with E-state index in [0.717, 1.165) is 5.56 Å². The number of hydrogen-bond donors (Lipinski definition) is 3. The van der Waals surface area contributed by atoms with Crippen molar-refractivity contribution in [2.75, 3.05) is 13.2 Å². The van der Waals surface area contributed by atoms with Crippen LogP contribution < -0.4 is 11.1 Å². The molecule has 0 amide bonds. The summed E-state index contributed by atoms with van der Waals surface area (Å²) in [6, 6.07) is 8.70. The molecule has 0 saturated heterocycles. The van der Waals surface area contributed by atoms with Gasteiger partial charge in [0, 0.05) is 4.91 Å². The smallest absolute Gasteiger partial charge is 0.189 e. The molecule has 8 heteroatoms. The zero-order valence-corrected chi connectivity index (χ0v) is 11.5. The van der Waals surface area contributed by atoms with Crippen LogP contribution in [0.1, 0.15) is 5.56 Å². The number of benzene rings is 1. The number of nitrogens with zero attached hydrogens (tertiary/aromatic N) is 4. The Labute approximate surface area is 122 Å². The van der Waals surface area contributed by atoms with Crippen molar-refractivity contribution in [1.82, 2.24) is 5.32 Å². The molecule has 4 N–H and O–H groups in total. The molecule has 0 aromatic heterocycles. The van der Waals surface area contributed by atoms with Crippen LogP contribution in [0.5, 0.6) is 0 Å². The Bertz CT molecular complexity index is 529. The fourth-order valence-electron chi connectivity index (χ4n) is 2.20. The number of nitrogens with two attached hydrogens (primary N) is 1. The first-order valence-corrected chi connectivity index (χ1v) is 6.61. The quantitative estimate of drug-likeness (QED) is 0.384. The van der Waals surface area contributed by atoms with Gasteiger partial charge in [-0.1, -0.05) is 35.4 Å². The van der Waals surface area contributed by atoms with E-state index in [0.29, 0.717) is 19.1 Å². The van der Waals surface area contributed by atoms with Crippen LogP contribution in [0.2, 0.25) is 0 Å². The topological polar surface area (TPSA) is 129 Å². The fourth-order valence-corrected chi connectivity index (χ4v) is 2.20. The van der Waals surface area contributed by atoms with Crippen LogP contribution in [0.4, 0.5) is 0 Å². The monoisotopic (exact) mass is 290 g/mol. The summed E-state index contributed by atoms with van der Waals surface area (Å²) in [6.45, 7) is 0.464. The van der Waals surface area contributed by atoms with Gasteiger partial charge in [0.05, 0.1) is 37.9 Å². The molecule has 1 aliphatic heterocycles. The maximum Gasteiger partial charge on any atom is 0.189 e. The lowest BCUT2D eigenvalue weighted by Gasteiger charge is -2.28. The summed E-state index contributed by atoms with van der Waals surface area (Å²) < 4.78 is 5.85. The molecule has 0 spiro atoms. The summed E-state index contributed by atoms with van der Waals surface area (Å²) in [7, 11) is 0. The molecule has 1 heterocycles. The highest BCUT2D eigenvalue weighted by atomic mass is 16.5. The number of aliphatic hydroxyl groups excluding tert-OH is 1. The Balaban J connectivity index is 2.06. The molecule has 0 radical (unpaired) electrons. The lowest BCUT2D eigenvalue weighted by molar-refractivity contribution is -0.00555.